The van der Waals surface area contributed by atoms with Crippen molar-refractivity contribution in [1.29, 1.82) is 0 Å². The molecule has 0 aliphatic carbocycles. The lowest BCUT2D eigenvalue weighted by Gasteiger charge is -2.19. The Labute approximate surface area is 191 Å². The van der Waals surface area contributed by atoms with Crippen LogP contribution in [0, 0.1) is 6.92 Å². The summed E-state index contributed by atoms with van der Waals surface area (Å²) in [7, 11) is 2.91. The number of methoxy groups -OCH3 is 2. The van der Waals surface area contributed by atoms with Gasteiger partial charge in [-0.2, -0.15) is 0 Å². The number of benzene rings is 1. The van der Waals surface area contributed by atoms with Crippen molar-refractivity contribution in [3.63, 3.8) is 0 Å². The maximum Gasteiger partial charge on any atom is 0.342 e. The molecule has 0 saturated carbocycles. The van der Waals surface area contributed by atoms with Gasteiger partial charge in [0, 0.05) is 29.3 Å². The first-order valence-corrected chi connectivity index (χ1v) is 11.3. The molecule has 0 fully saturated rings. The van der Waals surface area contributed by atoms with Gasteiger partial charge >= 0.3 is 17.9 Å². The number of hydrogen-bond donors (Lipinski definition) is 0. The van der Waals surface area contributed by atoms with E-state index in [1.165, 1.54) is 7.11 Å². The van der Waals surface area contributed by atoms with Crippen LogP contribution in [0.5, 0.6) is 11.5 Å². The third-order valence-electron chi connectivity index (χ3n) is 5.21. The zero-order valence-electron chi connectivity index (χ0n) is 18.5. The Hall–Kier alpha value is -2.35. The Kier molecular flexibility index (Phi) is 9.55. The fraction of sp³-hybridized carbons (Fsp3) is 0.522. The van der Waals surface area contributed by atoms with Gasteiger partial charge in [-0.3, -0.25) is 9.59 Å². The number of allylic oxidation sites excluding steroid dienone is 2. The standard InChI is InChI=1S/C23H29BrO7/c1-14(9-11-18(25)28-3)8-10-16-21(29-4)15(2)17-13-30-23(27)20(17)22(16)31-19(26)7-5-6-12-24/h8H,5-7,9-13H2,1-4H3/b14-8+. The van der Waals surface area contributed by atoms with Crippen LogP contribution >= 0.6 is 15.9 Å². The van der Waals surface area contributed by atoms with E-state index in [1.807, 2.05) is 19.9 Å². The normalized spacial score (nSPS) is 12.9. The van der Waals surface area contributed by atoms with Gasteiger partial charge in [-0.05, 0) is 45.1 Å². The summed E-state index contributed by atoms with van der Waals surface area (Å²) >= 11 is 3.35. The molecule has 0 saturated heterocycles. The highest BCUT2D eigenvalue weighted by Gasteiger charge is 2.34. The average molecular weight is 497 g/mol. The molecule has 0 spiro atoms. The molecule has 0 bridgehead atoms. The van der Waals surface area contributed by atoms with E-state index in [-0.39, 0.29) is 31.2 Å². The molecule has 1 aliphatic rings. The number of fused-ring (bicyclic) bond motifs is 1. The van der Waals surface area contributed by atoms with E-state index < -0.39 is 11.9 Å². The van der Waals surface area contributed by atoms with Crippen LogP contribution in [-0.4, -0.2) is 37.5 Å². The summed E-state index contributed by atoms with van der Waals surface area (Å²) in [5.74, 6) is -0.407. The Morgan fingerprint density at radius 1 is 1.10 bits per heavy atom. The van der Waals surface area contributed by atoms with E-state index >= 15 is 0 Å². The summed E-state index contributed by atoms with van der Waals surface area (Å²) in [6.45, 7) is 3.90. The lowest BCUT2D eigenvalue weighted by Crippen LogP contribution is -2.14. The van der Waals surface area contributed by atoms with Crippen LogP contribution in [0.15, 0.2) is 11.6 Å². The molecule has 0 aromatic heterocycles. The van der Waals surface area contributed by atoms with Gasteiger partial charge in [0.25, 0.3) is 0 Å². The number of esters is 3. The first-order valence-electron chi connectivity index (χ1n) is 10.2. The number of rotatable bonds is 11. The number of carbonyl (C=O) groups excluding carboxylic acids is 3. The van der Waals surface area contributed by atoms with E-state index in [1.54, 1.807) is 7.11 Å². The predicted molar refractivity (Wildman–Crippen MR) is 119 cm³/mol. The van der Waals surface area contributed by atoms with Crippen LogP contribution in [0.1, 0.15) is 66.1 Å². The molecule has 0 N–H and O–H groups in total. The van der Waals surface area contributed by atoms with E-state index in [0.717, 1.165) is 22.9 Å². The molecule has 8 heteroatoms. The van der Waals surface area contributed by atoms with Gasteiger partial charge in [0.15, 0.2) is 5.75 Å². The van der Waals surface area contributed by atoms with Gasteiger partial charge in [-0.1, -0.05) is 27.6 Å². The first kappa shape index (κ1) is 24.9. The summed E-state index contributed by atoms with van der Waals surface area (Å²) in [4.78, 5) is 36.3. The number of unbranched alkanes of at least 4 members (excludes halogenated alkanes) is 1. The molecule has 0 unspecified atom stereocenters. The average Bonchev–Trinajstić information content (AvgIpc) is 3.14. The molecular formula is C23H29BrO7. The number of cyclic esters (lactones) is 1. The highest BCUT2D eigenvalue weighted by Crippen LogP contribution is 2.43. The van der Waals surface area contributed by atoms with Crippen molar-refractivity contribution in [3.8, 4) is 11.5 Å². The zero-order chi connectivity index (χ0) is 23.0. The third kappa shape index (κ3) is 6.32. The van der Waals surface area contributed by atoms with Gasteiger partial charge in [-0.25, -0.2) is 4.79 Å². The Morgan fingerprint density at radius 3 is 2.48 bits per heavy atom. The van der Waals surface area contributed by atoms with Gasteiger partial charge in [-0.15, -0.1) is 0 Å². The summed E-state index contributed by atoms with van der Waals surface area (Å²) in [5, 5.41) is 0.807. The monoisotopic (exact) mass is 496 g/mol. The molecule has 1 aromatic carbocycles. The van der Waals surface area contributed by atoms with Crippen molar-refractivity contribution in [1.82, 2.24) is 0 Å². The van der Waals surface area contributed by atoms with Crippen LogP contribution in [0.25, 0.3) is 0 Å². The van der Waals surface area contributed by atoms with Crippen LogP contribution in [0.3, 0.4) is 0 Å². The highest BCUT2D eigenvalue weighted by molar-refractivity contribution is 9.09. The minimum absolute atomic E-state index is 0.124. The van der Waals surface area contributed by atoms with Gasteiger partial charge in [0.1, 0.15) is 17.9 Å². The van der Waals surface area contributed by atoms with E-state index in [2.05, 4.69) is 20.7 Å². The number of carbonyl (C=O) groups is 3. The number of halogens is 1. The summed E-state index contributed by atoms with van der Waals surface area (Å²) < 4.78 is 21.3. The number of alkyl halides is 1. The Bertz CT molecular complexity index is 873. The maximum atomic E-state index is 12.5. The molecule has 1 heterocycles. The van der Waals surface area contributed by atoms with Crippen LogP contribution in [0.2, 0.25) is 0 Å². The second kappa shape index (κ2) is 11.9. The summed E-state index contributed by atoms with van der Waals surface area (Å²) in [5.41, 5.74) is 3.35. The largest absolute Gasteiger partial charge is 0.496 e. The molecule has 7 nitrogen and oxygen atoms in total. The third-order valence-corrected chi connectivity index (χ3v) is 5.77. The number of hydrogen-bond acceptors (Lipinski definition) is 7. The Morgan fingerprint density at radius 2 is 1.84 bits per heavy atom. The topological polar surface area (TPSA) is 88.1 Å². The van der Waals surface area contributed by atoms with E-state index in [9.17, 15) is 14.4 Å². The van der Waals surface area contributed by atoms with Crippen molar-refractivity contribution in [2.24, 2.45) is 0 Å². The van der Waals surface area contributed by atoms with Gasteiger partial charge < -0.3 is 18.9 Å². The highest BCUT2D eigenvalue weighted by atomic mass is 79.9. The summed E-state index contributed by atoms with van der Waals surface area (Å²) in [6, 6.07) is 0. The molecule has 170 valence electrons. The van der Waals surface area contributed by atoms with E-state index in [4.69, 9.17) is 14.2 Å². The van der Waals surface area contributed by atoms with Crippen molar-refractivity contribution in [3.05, 3.63) is 33.9 Å². The second-order valence-corrected chi connectivity index (χ2v) is 8.14. The molecule has 0 atom stereocenters. The number of ether oxygens (including phenoxy) is 4. The lowest BCUT2D eigenvalue weighted by atomic mass is 9.94. The van der Waals surface area contributed by atoms with Crippen LogP contribution in [-0.2, 0) is 32.1 Å². The molecule has 2 rings (SSSR count). The fourth-order valence-electron chi connectivity index (χ4n) is 3.43. The van der Waals surface area contributed by atoms with Crippen molar-refractivity contribution < 1.29 is 33.3 Å². The molecule has 0 amide bonds. The quantitative estimate of drug-likeness (QED) is 0.145. The molecule has 0 radical (unpaired) electrons. The smallest absolute Gasteiger partial charge is 0.342 e. The molecular weight excluding hydrogens is 468 g/mol. The zero-order valence-corrected chi connectivity index (χ0v) is 20.1. The molecule has 31 heavy (non-hydrogen) atoms. The first-order chi connectivity index (χ1) is 14.8. The fourth-order valence-corrected chi connectivity index (χ4v) is 3.83. The van der Waals surface area contributed by atoms with Crippen LogP contribution in [0.4, 0.5) is 0 Å². The summed E-state index contributed by atoms with van der Waals surface area (Å²) in [6.07, 6.45) is 4.92. The van der Waals surface area contributed by atoms with Gasteiger partial charge in [0.2, 0.25) is 0 Å². The maximum absolute atomic E-state index is 12.5. The van der Waals surface area contributed by atoms with E-state index in [0.29, 0.717) is 41.7 Å². The minimum atomic E-state index is -0.503. The lowest BCUT2D eigenvalue weighted by molar-refractivity contribution is -0.140. The minimum Gasteiger partial charge on any atom is -0.496 e. The predicted octanol–water partition coefficient (Wildman–Crippen LogP) is 4.59. The molecule has 1 aliphatic heterocycles. The van der Waals surface area contributed by atoms with Crippen molar-refractivity contribution >= 4 is 33.8 Å². The van der Waals surface area contributed by atoms with Gasteiger partial charge in [0.05, 0.1) is 14.2 Å². The van der Waals surface area contributed by atoms with Crippen molar-refractivity contribution in [2.45, 2.75) is 59.0 Å². The Balaban J connectivity index is 2.41. The SMILES string of the molecule is COC(=O)CC/C(C)=C/Cc1c(OC)c(C)c2c(c1OC(=O)CCCCBr)C(=O)OC2. The van der Waals surface area contributed by atoms with Crippen LogP contribution < -0.4 is 9.47 Å². The second-order valence-electron chi connectivity index (χ2n) is 7.35. The molecule has 1 aromatic rings. The van der Waals surface area contributed by atoms with Crippen molar-refractivity contribution in [2.75, 3.05) is 19.5 Å².